The molecule has 1 N–H and O–H groups in total. The largest absolute Gasteiger partial charge is 0.481 e. The van der Waals surface area contributed by atoms with Gasteiger partial charge in [-0.2, -0.15) is 0 Å². The van der Waals surface area contributed by atoms with Crippen molar-refractivity contribution in [1.29, 1.82) is 0 Å². The minimum atomic E-state index is -0.859. The molecule has 6 nitrogen and oxygen atoms in total. The van der Waals surface area contributed by atoms with E-state index in [9.17, 15) is 14.7 Å². The molecule has 1 aliphatic rings. The second-order valence-electron chi connectivity index (χ2n) is 6.12. The molecule has 0 aliphatic carbocycles. The fraction of sp³-hybridized carbons (Fsp3) is 0.389. The number of aromatic nitrogens is 1. The molecule has 0 unspecified atom stereocenters. The number of aliphatic carboxylic acids is 1. The maximum Gasteiger partial charge on any atom is 0.308 e. The molecule has 1 aromatic heterocycles. The maximum absolute atomic E-state index is 12.9. The number of rotatable bonds is 3. The molecule has 0 spiro atoms. The number of nitrogens with zero attached hydrogens (tertiary/aromatic N) is 2. The lowest BCUT2D eigenvalue weighted by Gasteiger charge is -2.37. The van der Waals surface area contributed by atoms with Crippen molar-refractivity contribution >= 4 is 11.9 Å². The molecule has 1 saturated heterocycles. The fourth-order valence-electron chi connectivity index (χ4n) is 3.19. The van der Waals surface area contributed by atoms with Gasteiger partial charge in [-0.05, 0) is 38.8 Å². The Bertz CT molecular complexity index is 754. The molecular formula is C18H20N2O4. The van der Waals surface area contributed by atoms with Gasteiger partial charge in [0.15, 0.2) is 5.69 Å². The quantitative estimate of drug-likeness (QED) is 0.936. The van der Waals surface area contributed by atoms with Crippen molar-refractivity contribution in [2.75, 3.05) is 6.54 Å². The Kier molecular flexibility index (Phi) is 4.38. The molecule has 2 heterocycles. The number of hydrogen-bond acceptors (Lipinski definition) is 4. The summed E-state index contributed by atoms with van der Waals surface area (Å²) in [6, 6.07) is 9.01. The van der Waals surface area contributed by atoms with Crippen molar-refractivity contribution < 1.29 is 19.1 Å². The molecule has 2 aromatic rings. The topological polar surface area (TPSA) is 83.6 Å². The Morgan fingerprint density at radius 1 is 1.29 bits per heavy atom. The Morgan fingerprint density at radius 2 is 2.00 bits per heavy atom. The summed E-state index contributed by atoms with van der Waals surface area (Å²) in [4.78, 5) is 30.2. The maximum atomic E-state index is 12.9. The van der Waals surface area contributed by atoms with Crippen LogP contribution in [0.15, 0.2) is 34.7 Å². The van der Waals surface area contributed by atoms with Crippen LogP contribution in [0.1, 0.15) is 36.0 Å². The van der Waals surface area contributed by atoms with Crippen LogP contribution >= 0.6 is 0 Å². The van der Waals surface area contributed by atoms with Crippen molar-refractivity contribution in [3.05, 3.63) is 41.8 Å². The number of amides is 1. The number of likely N-dealkylation sites (tertiary alicyclic amines) is 1. The third kappa shape index (κ3) is 2.91. The highest BCUT2D eigenvalue weighted by atomic mass is 16.4. The zero-order valence-electron chi connectivity index (χ0n) is 13.7. The van der Waals surface area contributed by atoms with Crippen LogP contribution in [0.5, 0.6) is 0 Å². The Labute approximate surface area is 140 Å². The molecule has 1 amide bonds. The van der Waals surface area contributed by atoms with Gasteiger partial charge in [0.25, 0.3) is 5.91 Å². The molecule has 1 aliphatic heterocycles. The van der Waals surface area contributed by atoms with Gasteiger partial charge in [-0.1, -0.05) is 18.2 Å². The number of hydrogen-bond donors (Lipinski definition) is 1. The van der Waals surface area contributed by atoms with E-state index in [1.165, 1.54) is 0 Å². The van der Waals surface area contributed by atoms with Gasteiger partial charge in [-0.3, -0.25) is 9.59 Å². The van der Waals surface area contributed by atoms with Gasteiger partial charge < -0.3 is 14.4 Å². The van der Waals surface area contributed by atoms with E-state index in [-0.39, 0.29) is 17.6 Å². The van der Waals surface area contributed by atoms with E-state index >= 15 is 0 Å². The van der Waals surface area contributed by atoms with Gasteiger partial charge in [-0.25, -0.2) is 4.98 Å². The van der Waals surface area contributed by atoms with Gasteiger partial charge in [0, 0.05) is 18.2 Å². The molecule has 2 atom stereocenters. The average molecular weight is 328 g/mol. The molecule has 1 aromatic carbocycles. The Balaban J connectivity index is 1.88. The fourth-order valence-corrected chi connectivity index (χ4v) is 3.19. The van der Waals surface area contributed by atoms with E-state index in [0.29, 0.717) is 31.0 Å². The van der Waals surface area contributed by atoms with Gasteiger partial charge >= 0.3 is 5.97 Å². The van der Waals surface area contributed by atoms with Crippen LogP contribution in [-0.4, -0.2) is 39.5 Å². The summed E-state index contributed by atoms with van der Waals surface area (Å²) in [6.45, 7) is 4.02. The first-order valence-electron chi connectivity index (χ1n) is 8.05. The monoisotopic (exact) mass is 328 g/mol. The molecule has 126 valence electrons. The minimum absolute atomic E-state index is 0.256. The minimum Gasteiger partial charge on any atom is -0.481 e. The zero-order valence-corrected chi connectivity index (χ0v) is 13.7. The average Bonchev–Trinajstić information content (AvgIpc) is 2.97. The summed E-state index contributed by atoms with van der Waals surface area (Å²) in [6.07, 6.45) is 1.27. The molecule has 24 heavy (non-hydrogen) atoms. The smallest absolute Gasteiger partial charge is 0.308 e. The Morgan fingerprint density at radius 3 is 2.67 bits per heavy atom. The molecule has 3 rings (SSSR count). The molecular weight excluding hydrogens is 308 g/mol. The normalized spacial score (nSPS) is 20.8. The van der Waals surface area contributed by atoms with Crippen molar-refractivity contribution in [2.45, 2.75) is 32.7 Å². The van der Waals surface area contributed by atoms with Crippen molar-refractivity contribution in [2.24, 2.45) is 5.92 Å². The van der Waals surface area contributed by atoms with E-state index in [1.807, 2.05) is 30.3 Å². The predicted octanol–water partition coefficient (Wildman–Crippen LogP) is 2.98. The third-order valence-electron chi connectivity index (χ3n) is 4.59. The first-order chi connectivity index (χ1) is 11.5. The number of carboxylic acid groups (broad SMARTS) is 1. The van der Waals surface area contributed by atoms with E-state index in [4.69, 9.17) is 4.42 Å². The number of carbonyl (C=O) groups is 2. The summed E-state index contributed by atoms with van der Waals surface area (Å²) in [5.41, 5.74) is 1.06. The van der Waals surface area contributed by atoms with Gasteiger partial charge in [0.05, 0.1) is 5.92 Å². The van der Waals surface area contributed by atoms with Crippen LogP contribution in [0.3, 0.4) is 0 Å². The van der Waals surface area contributed by atoms with E-state index < -0.39 is 11.9 Å². The number of benzene rings is 1. The second kappa shape index (κ2) is 6.47. The SMILES string of the molecule is Cc1oc(-c2ccccc2)nc1C(=O)N1CCC[C@@H](C(=O)O)[C@H]1C. The highest BCUT2D eigenvalue weighted by molar-refractivity contribution is 5.94. The lowest BCUT2D eigenvalue weighted by atomic mass is 9.90. The van der Waals surface area contributed by atoms with Crippen LogP contribution in [0, 0.1) is 12.8 Å². The van der Waals surface area contributed by atoms with Gasteiger partial charge in [0.1, 0.15) is 5.76 Å². The van der Waals surface area contributed by atoms with E-state index in [1.54, 1.807) is 18.7 Å². The molecule has 0 radical (unpaired) electrons. The van der Waals surface area contributed by atoms with Crippen LogP contribution in [0.2, 0.25) is 0 Å². The number of oxazole rings is 1. The van der Waals surface area contributed by atoms with Crippen LogP contribution in [0.25, 0.3) is 11.5 Å². The number of carbonyl (C=O) groups excluding carboxylic acids is 1. The zero-order chi connectivity index (χ0) is 17.3. The molecule has 6 heteroatoms. The molecule has 1 fully saturated rings. The summed E-state index contributed by atoms with van der Waals surface area (Å²) in [5.74, 6) is -0.818. The van der Waals surface area contributed by atoms with Gasteiger partial charge in [-0.15, -0.1) is 0 Å². The van der Waals surface area contributed by atoms with Crippen molar-refractivity contribution in [3.63, 3.8) is 0 Å². The first-order valence-corrected chi connectivity index (χ1v) is 8.05. The number of carboxylic acids is 1. The van der Waals surface area contributed by atoms with Crippen molar-refractivity contribution in [1.82, 2.24) is 9.88 Å². The lowest BCUT2D eigenvalue weighted by molar-refractivity contribution is -0.144. The molecule has 0 bridgehead atoms. The summed E-state index contributed by atoms with van der Waals surface area (Å²) >= 11 is 0. The van der Waals surface area contributed by atoms with E-state index in [0.717, 1.165) is 5.56 Å². The highest BCUT2D eigenvalue weighted by Crippen LogP contribution is 2.27. The Hall–Kier alpha value is -2.63. The third-order valence-corrected chi connectivity index (χ3v) is 4.59. The van der Waals surface area contributed by atoms with Crippen LogP contribution < -0.4 is 0 Å². The lowest BCUT2D eigenvalue weighted by Crippen LogP contribution is -2.49. The first kappa shape index (κ1) is 16.2. The summed E-state index contributed by atoms with van der Waals surface area (Å²) in [5, 5.41) is 9.31. The van der Waals surface area contributed by atoms with Crippen LogP contribution in [0.4, 0.5) is 0 Å². The standard InChI is InChI=1S/C18H20N2O4/c1-11-14(18(22)23)9-6-10-20(11)17(21)15-12(2)24-16(19-15)13-7-4-3-5-8-13/h3-5,7-8,11,14H,6,9-10H2,1-2H3,(H,22,23)/t11-,14-/m1/s1. The van der Waals surface area contributed by atoms with Gasteiger partial charge in [0.2, 0.25) is 5.89 Å². The second-order valence-corrected chi connectivity index (χ2v) is 6.12. The highest BCUT2D eigenvalue weighted by Gasteiger charge is 2.37. The summed E-state index contributed by atoms with van der Waals surface area (Å²) < 4.78 is 5.65. The number of aryl methyl sites for hydroxylation is 1. The molecule has 0 saturated carbocycles. The van der Waals surface area contributed by atoms with Crippen LogP contribution in [-0.2, 0) is 4.79 Å². The predicted molar refractivity (Wildman–Crippen MR) is 87.5 cm³/mol. The number of piperidine rings is 1. The van der Waals surface area contributed by atoms with Crippen molar-refractivity contribution in [3.8, 4) is 11.5 Å². The van der Waals surface area contributed by atoms with E-state index in [2.05, 4.69) is 4.98 Å². The summed E-state index contributed by atoms with van der Waals surface area (Å²) in [7, 11) is 0.